The van der Waals surface area contributed by atoms with Crippen LogP contribution in [0.15, 0.2) is 18.2 Å². The Morgan fingerprint density at radius 2 is 2.25 bits per heavy atom. The topological polar surface area (TPSA) is 29.1 Å². The number of carbonyl (C=O) groups is 1. The van der Waals surface area contributed by atoms with Gasteiger partial charge in [0.05, 0.1) is 4.88 Å². The summed E-state index contributed by atoms with van der Waals surface area (Å²) in [5.74, 6) is 0. The molecule has 0 spiro atoms. The summed E-state index contributed by atoms with van der Waals surface area (Å²) in [6, 6.07) is 3.78. The molecule has 1 aromatic heterocycles. The zero-order valence-corrected chi connectivity index (χ0v) is 7.73. The van der Waals surface area contributed by atoms with E-state index in [1.807, 2.05) is 31.3 Å². The highest BCUT2D eigenvalue weighted by Gasteiger charge is 1.93. The third-order valence-corrected chi connectivity index (χ3v) is 2.34. The highest BCUT2D eigenvalue weighted by Crippen LogP contribution is 2.15. The number of carbonyl (C=O) groups excluding carboxylic acids is 1. The standard InChI is InChI=1S/C9H11NOS/c1-10-6-2-3-8-4-5-9(7-11)12-8/h2-5,7,10H,6H2,1H3. The first-order valence-electron chi connectivity index (χ1n) is 3.73. The van der Waals surface area contributed by atoms with E-state index in [1.165, 1.54) is 11.3 Å². The molecule has 2 nitrogen and oxygen atoms in total. The predicted octanol–water partition coefficient (Wildman–Crippen LogP) is 1.79. The molecule has 3 heteroatoms. The van der Waals surface area contributed by atoms with Crippen molar-refractivity contribution in [3.8, 4) is 0 Å². The normalized spacial score (nSPS) is 10.8. The van der Waals surface area contributed by atoms with E-state index in [0.29, 0.717) is 0 Å². The minimum atomic E-state index is 0.777. The van der Waals surface area contributed by atoms with Crippen LogP contribution in [0, 0.1) is 0 Å². The zero-order chi connectivity index (χ0) is 8.81. The first kappa shape index (κ1) is 9.16. The molecule has 0 aliphatic rings. The van der Waals surface area contributed by atoms with Crippen molar-refractivity contribution in [2.75, 3.05) is 13.6 Å². The van der Waals surface area contributed by atoms with Gasteiger partial charge in [-0.1, -0.05) is 6.08 Å². The van der Waals surface area contributed by atoms with Gasteiger partial charge in [0.15, 0.2) is 6.29 Å². The molecule has 1 N–H and O–H groups in total. The van der Waals surface area contributed by atoms with E-state index in [1.54, 1.807) is 0 Å². The Bertz CT molecular complexity index is 278. The van der Waals surface area contributed by atoms with Gasteiger partial charge in [0.25, 0.3) is 0 Å². The number of thiophene rings is 1. The minimum absolute atomic E-state index is 0.777. The molecule has 0 aliphatic carbocycles. The first-order valence-corrected chi connectivity index (χ1v) is 4.54. The molecule has 1 heterocycles. The fourth-order valence-corrected chi connectivity index (χ4v) is 1.57. The molecular formula is C9H11NOS. The lowest BCUT2D eigenvalue weighted by Crippen LogP contribution is -2.03. The Hall–Kier alpha value is -0.930. The highest BCUT2D eigenvalue weighted by molar-refractivity contribution is 7.14. The quantitative estimate of drug-likeness (QED) is 0.717. The summed E-state index contributed by atoms with van der Waals surface area (Å²) in [5, 5.41) is 3.01. The van der Waals surface area contributed by atoms with Crippen LogP contribution in [0.1, 0.15) is 14.5 Å². The van der Waals surface area contributed by atoms with Crippen molar-refractivity contribution in [3.63, 3.8) is 0 Å². The summed E-state index contributed by atoms with van der Waals surface area (Å²) in [6.07, 6.45) is 4.91. The molecule has 0 aromatic carbocycles. The van der Waals surface area contributed by atoms with Gasteiger partial charge in [-0.2, -0.15) is 0 Å². The van der Waals surface area contributed by atoms with Crippen molar-refractivity contribution < 1.29 is 4.79 Å². The van der Waals surface area contributed by atoms with Gasteiger partial charge < -0.3 is 5.32 Å². The monoisotopic (exact) mass is 181 g/mol. The van der Waals surface area contributed by atoms with Crippen molar-refractivity contribution in [3.05, 3.63) is 28.0 Å². The van der Waals surface area contributed by atoms with Crippen LogP contribution in [0.2, 0.25) is 0 Å². The van der Waals surface area contributed by atoms with Crippen LogP contribution in [0.4, 0.5) is 0 Å². The van der Waals surface area contributed by atoms with Crippen LogP contribution in [-0.2, 0) is 0 Å². The zero-order valence-electron chi connectivity index (χ0n) is 6.91. The third kappa shape index (κ3) is 2.60. The molecule has 1 rings (SSSR count). The molecule has 0 radical (unpaired) electrons. The molecule has 0 saturated carbocycles. The Morgan fingerprint density at radius 3 is 2.83 bits per heavy atom. The number of nitrogens with one attached hydrogen (secondary N) is 1. The maximum atomic E-state index is 10.3. The number of likely N-dealkylation sites (N-methyl/N-ethyl adjacent to an activating group) is 1. The summed E-state index contributed by atoms with van der Waals surface area (Å²) >= 11 is 1.50. The smallest absolute Gasteiger partial charge is 0.160 e. The summed E-state index contributed by atoms with van der Waals surface area (Å²) < 4.78 is 0. The van der Waals surface area contributed by atoms with Gasteiger partial charge >= 0.3 is 0 Å². The molecule has 0 fully saturated rings. The van der Waals surface area contributed by atoms with Crippen LogP contribution in [0.3, 0.4) is 0 Å². The van der Waals surface area contributed by atoms with E-state index in [2.05, 4.69) is 5.32 Å². The molecule has 1 aromatic rings. The van der Waals surface area contributed by atoms with Crippen LogP contribution in [-0.4, -0.2) is 19.9 Å². The van der Waals surface area contributed by atoms with Gasteiger partial charge in [-0.15, -0.1) is 11.3 Å². The molecule has 64 valence electrons. The second-order valence-electron chi connectivity index (χ2n) is 2.32. The molecular weight excluding hydrogens is 170 g/mol. The fraction of sp³-hybridized carbons (Fsp3) is 0.222. The van der Waals surface area contributed by atoms with Crippen LogP contribution >= 0.6 is 11.3 Å². The Balaban J connectivity index is 2.57. The number of rotatable bonds is 4. The van der Waals surface area contributed by atoms with E-state index >= 15 is 0 Å². The van der Waals surface area contributed by atoms with Crippen molar-refractivity contribution in [2.45, 2.75) is 0 Å². The van der Waals surface area contributed by atoms with Gasteiger partial charge in [-0.25, -0.2) is 0 Å². The van der Waals surface area contributed by atoms with E-state index in [9.17, 15) is 4.79 Å². The predicted molar refractivity (Wildman–Crippen MR) is 52.7 cm³/mol. The van der Waals surface area contributed by atoms with Gasteiger partial charge in [0, 0.05) is 11.4 Å². The van der Waals surface area contributed by atoms with Crippen LogP contribution < -0.4 is 5.32 Å². The largest absolute Gasteiger partial charge is 0.316 e. The molecule has 0 atom stereocenters. The average molecular weight is 181 g/mol. The first-order chi connectivity index (χ1) is 5.86. The Kier molecular flexibility index (Phi) is 3.70. The number of aldehydes is 1. The Morgan fingerprint density at radius 1 is 1.50 bits per heavy atom. The molecule has 0 amide bonds. The van der Waals surface area contributed by atoms with Gasteiger partial charge in [0.2, 0.25) is 0 Å². The van der Waals surface area contributed by atoms with Gasteiger partial charge in [-0.3, -0.25) is 4.79 Å². The third-order valence-electron chi connectivity index (χ3n) is 1.37. The minimum Gasteiger partial charge on any atom is -0.316 e. The van der Waals surface area contributed by atoms with Crippen molar-refractivity contribution >= 4 is 23.7 Å². The van der Waals surface area contributed by atoms with Gasteiger partial charge in [0.1, 0.15) is 0 Å². The second-order valence-corrected chi connectivity index (χ2v) is 3.46. The summed E-state index contributed by atoms with van der Waals surface area (Å²) in [6.45, 7) is 0.855. The van der Waals surface area contributed by atoms with Crippen molar-refractivity contribution in [2.24, 2.45) is 0 Å². The molecule has 0 bridgehead atoms. The molecule has 0 saturated heterocycles. The van der Waals surface area contributed by atoms with E-state index in [-0.39, 0.29) is 0 Å². The SMILES string of the molecule is CNCC=Cc1ccc(C=O)s1. The van der Waals surface area contributed by atoms with E-state index in [0.717, 1.165) is 22.6 Å². The Labute approximate surface area is 75.9 Å². The van der Waals surface area contributed by atoms with Crippen molar-refractivity contribution in [1.82, 2.24) is 5.32 Å². The average Bonchev–Trinajstić information content (AvgIpc) is 2.53. The highest BCUT2D eigenvalue weighted by atomic mass is 32.1. The molecule has 12 heavy (non-hydrogen) atoms. The van der Waals surface area contributed by atoms with E-state index in [4.69, 9.17) is 0 Å². The lowest BCUT2D eigenvalue weighted by atomic mass is 10.4. The number of hydrogen-bond donors (Lipinski definition) is 1. The summed E-state index contributed by atoms with van der Waals surface area (Å²) in [5.41, 5.74) is 0. The fourth-order valence-electron chi connectivity index (χ4n) is 0.814. The number of hydrogen-bond acceptors (Lipinski definition) is 3. The molecule has 0 unspecified atom stereocenters. The molecule has 0 aliphatic heterocycles. The lowest BCUT2D eigenvalue weighted by Gasteiger charge is -1.86. The summed E-state index contributed by atoms with van der Waals surface area (Å²) in [7, 11) is 1.90. The second kappa shape index (κ2) is 4.85. The summed E-state index contributed by atoms with van der Waals surface area (Å²) in [4.78, 5) is 12.2. The lowest BCUT2D eigenvalue weighted by molar-refractivity contribution is 0.112. The van der Waals surface area contributed by atoms with Crippen LogP contribution in [0.25, 0.3) is 6.08 Å². The van der Waals surface area contributed by atoms with Crippen molar-refractivity contribution in [1.29, 1.82) is 0 Å². The maximum Gasteiger partial charge on any atom is 0.160 e. The van der Waals surface area contributed by atoms with Gasteiger partial charge in [-0.05, 0) is 25.3 Å². The van der Waals surface area contributed by atoms with Crippen LogP contribution in [0.5, 0.6) is 0 Å². The maximum absolute atomic E-state index is 10.3. The van der Waals surface area contributed by atoms with E-state index < -0.39 is 0 Å².